The fourth-order valence-electron chi connectivity index (χ4n) is 1.24. The van der Waals surface area contributed by atoms with E-state index in [0.717, 1.165) is 11.3 Å². The standard InChI is InChI=1S/C10H9N3O.2ClH/c11-8-3-1-2-7(6-8)9-4-5-12-10(14)13-9;;/h1-6H,11H2,(H,12,13,14);2*1H. The number of nitrogens with one attached hydrogen (secondary N) is 1. The van der Waals surface area contributed by atoms with E-state index in [0.29, 0.717) is 5.69 Å². The number of nitrogens with zero attached hydrogens (tertiary/aromatic N) is 1. The first-order valence-corrected chi connectivity index (χ1v) is 4.17. The van der Waals surface area contributed by atoms with E-state index in [2.05, 4.69) is 9.97 Å². The van der Waals surface area contributed by atoms with Crippen molar-refractivity contribution in [3.8, 4) is 11.3 Å². The van der Waals surface area contributed by atoms with Gasteiger partial charge in [-0.05, 0) is 18.2 Å². The lowest BCUT2D eigenvalue weighted by molar-refractivity contribution is 1.08. The van der Waals surface area contributed by atoms with Gasteiger partial charge in [-0.15, -0.1) is 24.8 Å². The van der Waals surface area contributed by atoms with Crippen LogP contribution in [0.1, 0.15) is 0 Å². The summed E-state index contributed by atoms with van der Waals surface area (Å²) in [6.45, 7) is 0. The van der Waals surface area contributed by atoms with Crippen LogP contribution < -0.4 is 11.4 Å². The zero-order valence-corrected chi connectivity index (χ0v) is 9.85. The molecule has 86 valence electrons. The van der Waals surface area contributed by atoms with E-state index in [9.17, 15) is 4.79 Å². The number of benzene rings is 1. The molecular weight excluding hydrogens is 249 g/mol. The highest BCUT2D eigenvalue weighted by atomic mass is 35.5. The number of aromatic nitrogens is 2. The molecule has 0 unspecified atom stereocenters. The fraction of sp³-hybridized carbons (Fsp3) is 0. The highest BCUT2D eigenvalue weighted by Gasteiger charge is 1.97. The van der Waals surface area contributed by atoms with Crippen molar-refractivity contribution >= 4 is 30.5 Å². The van der Waals surface area contributed by atoms with Crippen LogP contribution in [0.15, 0.2) is 41.3 Å². The Balaban J connectivity index is 0.00000112. The maximum atomic E-state index is 11.0. The van der Waals surface area contributed by atoms with Crippen LogP contribution in [-0.2, 0) is 0 Å². The molecule has 0 aliphatic rings. The predicted molar refractivity (Wildman–Crippen MR) is 69.2 cm³/mol. The molecule has 0 spiro atoms. The monoisotopic (exact) mass is 259 g/mol. The summed E-state index contributed by atoms with van der Waals surface area (Å²) in [6.07, 6.45) is 1.47. The lowest BCUT2D eigenvalue weighted by Crippen LogP contribution is -2.09. The lowest BCUT2D eigenvalue weighted by atomic mass is 10.1. The Morgan fingerprint density at radius 2 is 1.94 bits per heavy atom. The van der Waals surface area contributed by atoms with Crippen molar-refractivity contribution in [1.29, 1.82) is 0 Å². The van der Waals surface area contributed by atoms with Crippen molar-refractivity contribution < 1.29 is 0 Å². The lowest BCUT2D eigenvalue weighted by Gasteiger charge is -2.00. The maximum Gasteiger partial charge on any atom is 0.345 e. The first kappa shape index (κ1) is 14.5. The zero-order valence-electron chi connectivity index (χ0n) is 8.21. The maximum absolute atomic E-state index is 11.0. The molecule has 0 radical (unpaired) electrons. The Bertz CT molecular complexity index is 513. The van der Waals surface area contributed by atoms with Crippen LogP contribution in [0.5, 0.6) is 0 Å². The molecule has 4 nitrogen and oxygen atoms in total. The van der Waals surface area contributed by atoms with E-state index in [1.807, 2.05) is 12.1 Å². The molecule has 1 heterocycles. The number of anilines is 1. The fourth-order valence-corrected chi connectivity index (χ4v) is 1.24. The van der Waals surface area contributed by atoms with E-state index < -0.39 is 0 Å². The SMILES string of the molecule is Cl.Cl.Nc1cccc(-c2ccnc(=O)[nH]2)c1. The van der Waals surface area contributed by atoms with Gasteiger partial charge >= 0.3 is 5.69 Å². The minimum atomic E-state index is -0.357. The Labute approximate surface area is 105 Å². The molecule has 0 aliphatic heterocycles. The average molecular weight is 260 g/mol. The summed E-state index contributed by atoms with van der Waals surface area (Å²) < 4.78 is 0. The van der Waals surface area contributed by atoms with Crippen molar-refractivity contribution in [3.63, 3.8) is 0 Å². The molecule has 1 aromatic heterocycles. The second kappa shape index (κ2) is 6.15. The summed E-state index contributed by atoms with van der Waals surface area (Å²) in [4.78, 5) is 17.1. The molecule has 16 heavy (non-hydrogen) atoms. The first-order chi connectivity index (χ1) is 6.75. The predicted octanol–water partition coefficient (Wildman–Crippen LogP) is 1.86. The molecule has 0 amide bonds. The van der Waals surface area contributed by atoms with Crippen molar-refractivity contribution in [2.75, 3.05) is 5.73 Å². The molecular formula is C10H11Cl2N3O. The van der Waals surface area contributed by atoms with Gasteiger partial charge in [0.05, 0.1) is 5.69 Å². The first-order valence-electron chi connectivity index (χ1n) is 4.17. The Morgan fingerprint density at radius 1 is 1.19 bits per heavy atom. The van der Waals surface area contributed by atoms with Gasteiger partial charge in [0.25, 0.3) is 0 Å². The summed E-state index contributed by atoms with van der Waals surface area (Å²) in [5, 5.41) is 0. The zero-order chi connectivity index (χ0) is 9.97. The highest BCUT2D eigenvalue weighted by Crippen LogP contribution is 2.17. The van der Waals surface area contributed by atoms with Gasteiger partial charge in [0.1, 0.15) is 0 Å². The van der Waals surface area contributed by atoms with Crippen LogP contribution in [-0.4, -0.2) is 9.97 Å². The number of H-pyrrole nitrogens is 1. The summed E-state index contributed by atoms with van der Waals surface area (Å²) in [6, 6.07) is 9.04. The number of rotatable bonds is 1. The molecule has 0 bridgehead atoms. The van der Waals surface area contributed by atoms with Gasteiger partial charge < -0.3 is 10.7 Å². The summed E-state index contributed by atoms with van der Waals surface area (Å²) in [7, 11) is 0. The molecule has 1 aromatic carbocycles. The molecule has 0 fully saturated rings. The number of hydrogen-bond acceptors (Lipinski definition) is 3. The van der Waals surface area contributed by atoms with E-state index in [-0.39, 0.29) is 30.5 Å². The highest BCUT2D eigenvalue weighted by molar-refractivity contribution is 5.85. The minimum absolute atomic E-state index is 0. The molecule has 3 N–H and O–H groups in total. The van der Waals surface area contributed by atoms with Gasteiger partial charge in [-0.1, -0.05) is 12.1 Å². The molecule has 2 aromatic rings. The number of hydrogen-bond donors (Lipinski definition) is 2. The number of aromatic amines is 1. The third-order valence-corrected chi connectivity index (χ3v) is 1.87. The van der Waals surface area contributed by atoms with Gasteiger partial charge in [0.2, 0.25) is 0 Å². The smallest absolute Gasteiger partial charge is 0.345 e. The Morgan fingerprint density at radius 3 is 2.56 bits per heavy atom. The minimum Gasteiger partial charge on any atom is -0.399 e. The number of nitrogen functional groups attached to an aromatic ring is 1. The van der Waals surface area contributed by atoms with E-state index >= 15 is 0 Å². The summed E-state index contributed by atoms with van der Waals surface area (Å²) >= 11 is 0. The molecule has 2 rings (SSSR count). The summed E-state index contributed by atoms with van der Waals surface area (Å²) in [5.74, 6) is 0. The van der Waals surface area contributed by atoms with Gasteiger partial charge in [-0.2, -0.15) is 0 Å². The van der Waals surface area contributed by atoms with Gasteiger partial charge in [0.15, 0.2) is 0 Å². The second-order valence-electron chi connectivity index (χ2n) is 2.91. The van der Waals surface area contributed by atoms with Crippen molar-refractivity contribution in [3.05, 3.63) is 47.0 Å². The molecule has 6 heteroatoms. The third kappa shape index (κ3) is 3.25. The Hall–Kier alpha value is -1.52. The van der Waals surface area contributed by atoms with Crippen LogP contribution in [0, 0.1) is 0 Å². The quantitative estimate of drug-likeness (QED) is 0.769. The molecule has 0 aliphatic carbocycles. The van der Waals surface area contributed by atoms with E-state index in [4.69, 9.17) is 5.73 Å². The Kier molecular flexibility index (Phi) is 5.56. The van der Waals surface area contributed by atoms with Crippen LogP contribution in [0.4, 0.5) is 5.69 Å². The summed E-state index contributed by atoms with van der Waals surface area (Å²) in [5.41, 5.74) is 7.54. The van der Waals surface area contributed by atoms with Crippen LogP contribution in [0.25, 0.3) is 11.3 Å². The van der Waals surface area contributed by atoms with Crippen LogP contribution in [0.2, 0.25) is 0 Å². The van der Waals surface area contributed by atoms with Crippen molar-refractivity contribution in [2.45, 2.75) is 0 Å². The van der Waals surface area contributed by atoms with E-state index in [1.165, 1.54) is 6.20 Å². The van der Waals surface area contributed by atoms with Crippen LogP contribution in [0.3, 0.4) is 0 Å². The third-order valence-electron chi connectivity index (χ3n) is 1.87. The van der Waals surface area contributed by atoms with Crippen molar-refractivity contribution in [2.24, 2.45) is 0 Å². The normalized spacial score (nSPS) is 8.75. The van der Waals surface area contributed by atoms with Crippen LogP contribution >= 0.6 is 24.8 Å². The van der Waals surface area contributed by atoms with Gasteiger partial charge in [-0.3, -0.25) is 0 Å². The topological polar surface area (TPSA) is 71.8 Å². The number of halogens is 2. The molecule has 0 saturated heterocycles. The number of nitrogens with two attached hydrogens (primary N) is 1. The largest absolute Gasteiger partial charge is 0.399 e. The van der Waals surface area contributed by atoms with E-state index in [1.54, 1.807) is 18.2 Å². The van der Waals surface area contributed by atoms with Gasteiger partial charge in [-0.25, -0.2) is 9.78 Å². The molecule has 0 saturated carbocycles. The average Bonchev–Trinajstić information content (AvgIpc) is 2.18. The van der Waals surface area contributed by atoms with Crippen molar-refractivity contribution in [1.82, 2.24) is 9.97 Å². The second-order valence-corrected chi connectivity index (χ2v) is 2.91. The van der Waals surface area contributed by atoms with Gasteiger partial charge in [0, 0.05) is 17.4 Å². The molecule has 0 atom stereocenters.